The fourth-order valence-electron chi connectivity index (χ4n) is 1.77. The smallest absolute Gasteiger partial charge is 0.248 e. The fourth-order valence-corrected chi connectivity index (χ4v) is 3.18. The van der Waals surface area contributed by atoms with Crippen molar-refractivity contribution in [3.8, 4) is 0 Å². The van der Waals surface area contributed by atoms with Gasteiger partial charge in [-0.05, 0) is 49.4 Å². The van der Waals surface area contributed by atoms with Crippen LogP contribution in [0.1, 0.15) is 17.3 Å². The molecule has 2 aromatic rings. The van der Waals surface area contributed by atoms with Gasteiger partial charge < -0.3 is 11.1 Å². The van der Waals surface area contributed by atoms with Gasteiger partial charge in [0.15, 0.2) is 0 Å². The first-order valence-electron chi connectivity index (χ1n) is 6.69. The zero-order valence-corrected chi connectivity index (χ0v) is 14.5. The summed E-state index contributed by atoms with van der Waals surface area (Å²) >= 11 is 13.4. The van der Waals surface area contributed by atoms with Crippen LogP contribution in [0.15, 0.2) is 47.4 Å². The highest BCUT2D eigenvalue weighted by molar-refractivity contribution is 8.00. The molecule has 0 aliphatic carbocycles. The van der Waals surface area contributed by atoms with E-state index in [-0.39, 0.29) is 11.2 Å². The molecule has 0 saturated carbocycles. The molecule has 1 unspecified atom stereocenters. The van der Waals surface area contributed by atoms with Crippen molar-refractivity contribution in [2.24, 2.45) is 5.73 Å². The average molecular weight is 369 g/mol. The molecule has 0 fully saturated rings. The molecule has 0 heterocycles. The monoisotopic (exact) mass is 368 g/mol. The van der Waals surface area contributed by atoms with Crippen molar-refractivity contribution in [1.82, 2.24) is 0 Å². The second-order valence-electron chi connectivity index (χ2n) is 4.77. The number of halogens is 2. The molecule has 120 valence electrons. The molecule has 0 bridgehead atoms. The lowest BCUT2D eigenvalue weighted by atomic mass is 10.2. The minimum Gasteiger partial charge on any atom is -0.366 e. The van der Waals surface area contributed by atoms with E-state index in [4.69, 9.17) is 28.9 Å². The Bertz CT molecular complexity index is 735. The van der Waals surface area contributed by atoms with Crippen molar-refractivity contribution in [3.63, 3.8) is 0 Å². The molecule has 0 aliphatic heterocycles. The molecule has 2 amide bonds. The quantitative estimate of drug-likeness (QED) is 0.776. The summed E-state index contributed by atoms with van der Waals surface area (Å²) in [6.45, 7) is 1.77. The van der Waals surface area contributed by atoms with Gasteiger partial charge in [0.25, 0.3) is 0 Å². The first-order valence-corrected chi connectivity index (χ1v) is 8.33. The molecule has 4 nitrogen and oxygen atoms in total. The van der Waals surface area contributed by atoms with E-state index in [0.29, 0.717) is 21.3 Å². The molecule has 7 heteroatoms. The van der Waals surface area contributed by atoms with Crippen molar-refractivity contribution in [1.29, 1.82) is 0 Å². The van der Waals surface area contributed by atoms with Crippen molar-refractivity contribution >= 4 is 52.5 Å². The van der Waals surface area contributed by atoms with Gasteiger partial charge in [-0.25, -0.2) is 0 Å². The Kier molecular flexibility index (Phi) is 5.93. The minimum absolute atomic E-state index is 0.183. The molecular weight excluding hydrogens is 355 g/mol. The van der Waals surface area contributed by atoms with E-state index in [0.717, 1.165) is 4.90 Å². The number of nitrogens with one attached hydrogen (secondary N) is 1. The largest absolute Gasteiger partial charge is 0.366 e. The van der Waals surface area contributed by atoms with E-state index in [1.807, 2.05) is 0 Å². The summed E-state index contributed by atoms with van der Waals surface area (Å²) in [5, 5.41) is 3.51. The summed E-state index contributed by atoms with van der Waals surface area (Å²) in [6, 6.07) is 11.5. The van der Waals surface area contributed by atoms with Crippen LogP contribution in [0.5, 0.6) is 0 Å². The van der Waals surface area contributed by atoms with E-state index in [1.165, 1.54) is 11.8 Å². The van der Waals surface area contributed by atoms with Crippen LogP contribution in [0.25, 0.3) is 0 Å². The Labute approximate surface area is 148 Å². The highest BCUT2D eigenvalue weighted by Crippen LogP contribution is 2.33. The molecule has 3 N–H and O–H groups in total. The van der Waals surface area contributed by atoms with Crippen LogP contribution < -0.4 is 11.1 Å². The molecule has 2 rings (SSSR count). The second kappa shape index (κ2) is 7.73. The highest BCUT2D eigenvalue weighted by atomic mass is 35.5. The van der Waals surface area contributed by atoms with Crippen molar-refractivity contribution in [2.45, 2.75) is 17.1 Å². The molecule has 1 atom stereocenters. The number of nitrogens with two attached hydrogens (primary N) is 1. The van der Waals surface area contributed by atoms with Gasteiger partial charge in [-0.2, -0.15) is 0 Å². The van der Waals surface area contributed by atoms with Crippen LogP contribution in [0.2, 0.25) is 10.0 Å². The van der Waals surface area contributed by atoms with Gasteiger partial charge in [0.05, 0.1) is 10.3 Å². The van der Waals surface area contributed by atoms with Gasteiger partial charge >= 0.3 is 0 Å². The first-order chi connectivity index (χ1) is 10.9. The molecule has 0 saturated heterocycles. The number of benzene rings is 2. The predicted molar refractivity (Wildman–Crippen MR) is 95.4 cm³/mol. The van der Waals surface area contributed by atoms with Crippen LogP contribution >= 0.6 is 35.0 Å². The molecule has 23 heavy (non-hydrogen) atoms. The summed E-state index contributed by atoms with van der Waals surface area (Å²) in [4.78, 5) is 24.0. The Morgan fingerprint density at radius 3 is 2.39 bits per heavy atom. The normalized spacial score (nSPS) is 11.8. The SMILES string of the molecule is CC(Sc1cc(Cl)ccc1Cl)C(=O)Nc1ccc(C(N)=O)cc1. The van der Waals surface area contributed by atoms with Gasteiger partial charge in [-0.3, -0.25) is 9.59 Å². The number of thioether (sulfide) groups is 1. The van der Waals surface area contributed by atoms with E-state index in [9.17, 15) is 9.59 Å². The zero-order valence-electron chi connectivity index (χ0n) is 12.2. The summed E-state index contributed by atoms with van der Waals surface area (Å²) in [6.07, 6.45) is 0. The number of amides is 2. The van der Waals surface area contributed by atoms with E-state index in [2.05, 4.69) is 5.32 Å². The van der Waals surface area contributed by atoms with Crippen molar-refractivity contribution in [2.75, 3.05) is 5.32 Å². The van der Waals surface area contributed by atoms with E-state index < -0.39 is 5.91 Å². The van der Waals surface area contributed by atoms with E-state index >= 15 is 0 Å². The number of carbonyl (C=O) groups is 2. The topological polar surface area (TPSA) is 72.2 Å². The second-order valence-corrected chi connectivity index (χ2v) is 6.99. The highest BCUT2D eigenvalue weighted by Gasteiger charge is 2.16. The number of primary amides is 1. The number of anilines is 1. The lowest BCUT2D eigenvalue weighted by Gasteiger charge is -2.13. The van der Waals surface area contributed by atoms with Crippen LogP contribution in [-0.4, -0.2) is 17.1 Å². The molecule has 0 radical (unpaired) electrons. The Morgan fingerprint density at radius 1 is 1.13 bits per heavy atom. The third-order valence-electron chi connectivity index (χ3n) is 3.00. The van der Waals surface area contributed by atoms with Crippen LogP contribution in [0, 0.1) is 0 Å². The summed E-state index contributed by atoms with van der Waals surface area (Å²) in [5.74, 6) is -0.694. The Morgan fingerprint density at radius 2 is 1.78 bits per heavy atom. The predicted octanol–water partition coefficient (Wildman–Crippen LogP) is 4.21. The summed E-state index contributed by atoms with van der Waals surface area (Å²) < 4.78 is 0. The maximum atomic E-state index is 12.2. The Balaban J connectivity index is 2.02. The molecule has 0 spiro atoms. The Hall–Kier alpha value is -1.69. The van der Waals surface area contributed by atoms with Crippen LogP contribution in [-0.2, 0) is 4.79 Å². The van der Waals surface area contributed by atoms with Gasteiger partial charge in [-0.15, -0.1) is 11.8 Å². The maximum Gasteiger partial charge on any atom is 0.248 e. The lowest BCUT2D eigenvalue weighted by Crippen LogP contribution is -2.22. The number of hydrogen-bond donors (Lipinski definition) is 2. The fraction of sp³-hybridized carbons (Fsp3) is 0.125. The van der Waals surface area contributed by atoms with Gasteiger partial charge in [0.2, 0.25) is 11.8 Å². The molecule has 0 aromatic heterocycles. The summed E-state index contributed by atoms with van der Waals surface area (Å²) in [5.41, 5.74) is 6.15. The van der Waals surface area contributed by atoms with E-state index in [1.54, 1.807) is 49.4 Å². The minimum atomic E-state index is -0.512. The molecular formula is C16H14Cl2N2O2S. The standard InChI is InChI=1S/C16H14Cl2N2O2S/c1-9(23-14-8-11(17)4-7-13(14)18)16(22)20-12-5-2-10(3-6-12)15(19)21/h2-9H,1H3,(H2,19,21)(H,20,22). The molecule has 2 aromatic carbocycles. The number of rotatable bonds is 5. The van der Waals surface area contributed by atoms with Crippen LogP contribution in [0.4, 0.5) is 5.69 Å². The maximum absolute atomic E-state index is 12.2. The third-order valence-corrected chi connectivity index (χ3v) is 4.84. The van der Waals surface area contributed by atoms with Crippen molar-refractivity contribution in [3.05, 3.63) is 58.1 Å². The van der Waals surface area contributed by atoms with Gasteiger partial charge in [0.1, 0.15) is 0 Å². The number of hydrogen-bond acceptors (Lipinski definition) is 3. The first kappa shape index (κ1) is 17.7. The van der Waals surface area contributed by atoms with Crippen LogP contribution in [0.3, 0.4) is 0 Å². The lowest BCUT2D eigenvalue weighted by molar-refractivity contribution is -0.115. The zero-order chi connectivity index (χ0) is 17.0. The van der Waals surface area contributed by atoms with Crippen molar-refractivity contribution < 1.29 is 9.59 Å². The molecule has 0 aliphatic rings. The third kappa shape index (κ3) is 4.89. The average Bonchev–Trinajstić information content (AvgIpc) is 2.51. The number of carbonyl (C=O) groups excluding carboxylic acids is 2. The summed E-state index contributed by atoms with van der Waals surface area (Å²) in [7, 11) is 0. The van der Waals surface area contributed by atoms with Gasteiger partial charge in [0, 0.05) is 21.2 Å². The van der Waals surface area contributed by atoms with Gasteiger partial charge in [-0.1, -0.05) is 23.2 Å².